The van der Waals surface area contributed by atoms with Crippen molar-refractivity contribution >= 4 is 0 Å². The van der Waals surface area contributed by atoms with Crippen LogP contribution < -0.4 is 5.32 Å². The highest BCUT2D eigenvalue weighted by atomic mass is 19.4. The van der Waals surface area contributed by atoms with Gasteiger partial charge in [0, 0.05) is 18.4 Å². The van der Waals surface area contributed by atoms with Gasteiger partial charge in [0.15, 0.2) is 5.82 Å². The third-order valence-corrected chi connectivity index (χ3v) is 3.11. The summed E-state index contributed by atoms with van der Waals surface area (Å²) in [7, 11) is 0. The average Bonchev–Trinajstić information content (AvgIpc) is 2.95. The molecule has 7 heteroatoms. The third kappa shape index (κ3) is 3.81. The molecule has 1 atom stereocenters. The second kappa shape index (κ2) is 6.26. The molecule has 1 N–H and O–H groups in total. The Morgan fingerprint density at radius 3 is 2.76 bits per heavy atom. The van der Waals surface area contributed by atoms with E-state index in [1.54, 1.807) is 12.3 Å². The number of rotatable bonds is 5. The molecule has 0 radical (unpaired) electrons. The van der Waals surface area contributed by atoms with E-state index in [2.05, 4.69) is 22.3 Å². The normalized spacial score (nSPS) is 13.4. The smallest absolute Gasteiger partial charge is 0.310 e. The second-order valence-electron chi connectivity index (χ2n) is 4.79. The number of pyridine rings is 1. The number of halogens is 3. The maximum Gasteiger partial charge on any atom is 0.419 e. The molecule has 0 fully saturated rings. The maximum atomic E-state index is 12.6. The van der Waals surface area contributed by atoms with E-state index < -0.39 is 11.7 Å². The Labute approximate surface area is 121 Å². The lowest BCUT2D eigenvalue weighted by Crippen LogP contribution is -2.19. The van der Waals surface area contributed by atoms with Crippen molar-refractivity contribution in [2.24, 2.45) is 0 Å². The minimum absolute atomic E-state index is 0.101. The standard InChI is InChI=1S/C14H17F3N4/c1-3-5-18-10(2)11-4-6-19-13(7-11)21-9-12(8-20-21)14(15,16)17/h4,6-10,18H,3,5H2,1-2H3. The highest BCUT2D eigenvalue weighted by molar-refractivity contribution is 5.30. The number of nitrogens with one attached hydrogen (secondary N) is 1. The molecule has 0 aliphatic carbocycles. The first-order valence-electron chi connectivity index (χ1n) is 6.73. The van der Waals surface area contributed by atoms with Gasteiger partial charge in [-0.15, -0.1) is 0 Å². The Morgan fingerprint density at radius 1 is 1.38 bits per heavy atom. The molecule has 2 rings (SSSR count). The summed E-state index contributed by atoms with van der Waals surface area (Å²) >= 11 is 0. The Bertz CT molecular complexity index is 592. The first-order chi connectivity index (χ1) is 9.91. The molecule has 21 heavy (non-hydrogen) atoms. The number of hydrogen-bond donors (Lipinski definition) is 1. The molecular weight excluding hydrogens is 281 g/mol. The molecule has 0 saturated carbocycles. The van der Waals surface area contributed by atoms with Gasteiger partial charge in [0.2, 0.25) is 0 Å². The van der Waals surface area contributed by atoms with Gasteiger partial charge >= 0.3 is 6.18 Å². The molecule has 0 aromatic carbocycles. The van der Waals surface area contributed by atoms with Crippen LogP contribution >= 0.6 is 0 Å². The van der Waals surface area contributed by atoms with Crippen LogP contribution in [0.2, 0.25) is 0 Å². The zero-order chi connectivity index (χ0) is 15.5. The first-order valence-corrected chi connectivity index (χ1v) is 6.73. The van der Waals surface area contributed by atoms with Crippen molar-refractivity contribution in [3.8, 4) is 5.82 Å². The van der Waals surface area contributed by atoms with Crippen molar-refractivity contribution in [3.05, 3.63) is 41.9 Å². The van der Waals surface area contributed by atoms with Gasteiger partial charge in [-0.25, -0.2) is 9.67 Å². The maximum absolute atomic E-state index is 12.6. The Morgan fingerprint density at radius 2 is 2.14 bits per heavy atom. The molecule has 1 unspecified atom stereocenters. The van der Waals surface area contributed by atoms with E-state index in [9.17, 15) is 13.2 Å². The topological polar surface area (TPSA) is 42.7 Å². The molecular formula is C14H17F3N4. The van der Waals surface area contributed by atoms with Crippen molar-refractivity contribution in [1.82, 2.24) is 20.1 Å². The summed E-state index contributed by atoms with van der Waals surface area (Å²) in [5.74, 6) is 0.369. The summed E-state index contributed by atoms with van der Waals surface area (Å²) < 4.78 is 38.9. The van der Waals surface area contributed by atoms with E-state index in [0.717, 1.165) is 35.6 Å². The summed E-state index contributed by atoms with van der Waals surface area (Å²) in [6.45, 7) is 4.94. The van der Waals surface area contributed by atoms with E-state index in [1.165, 1.54) is 0 Å². The fourth-order valence-corrected chi connectivity index (χ4v) is 1.90. The second-order valence-corrected chi connectivity index (χ2v) is 4.79. The molecule has 2 heterocycles. The van der Waals surface area contributed by atoms with Crippen LogP contribution in [0.3, 0.4) is 0 Å². The predicted molar refractivity (Wildman–Crippen MR) is 73.1 cm³/mol. The van der Waals surface area contributed by atoms with E-state index in [4.69, 9.17) is 0 Å². The van der Waals surface area contributed by atoms with Gasteiger partial charge in [-0.1, -0.05) is 6.92 Å². The largest absolute Gasteiger partial charge is 0.419 e. The van der Waals surface area contributed by atoms with E-state index in [-0.39, 0.29) is 6.04 Å². The van der Waals surface area contributed by atoms with Gasteiger partial charge in [-0.3, -0.25) is 0 Å². The third-order valence-electron chi connectivity index (χ3n) is 3.11. The van der Waals surface area contributed by atoms with Crippen LogP contribution in [0.25, 0.3) is 5.82 Å². The summed E-state index contributed by atoms with van der Waals surface area (Å²) in [6, 6.07) is 3.68. The molecule has 4 nitrogen and oxygen atoms in total. The van der Waals surface area contributed by atoms with Crippen LogP contribution in [0.1, 0.15) is 37.4 Å². The Hall–Kier alpha value is -1.89. The van der Waals surface area contributed by atoms with E-state index in [1.807, 2.05) is 13.0 Å². The van der Waals surface area contributed by atoms with Crippen LogP contribution in [0, 0.1) is 0 Å². The predicted octanol–water partition coefficient (Wildman–Crippen LogP) is 3.35. The van der Waals surface area contributed by atoms with Gasteiger partial charge in [-0.05, 0) is 37.6 Å². The van der Waals surface area contributed by atoms with Crippen LogP contribution in [-0.4, -0.2) is 21.3 Å². The summed E-state index contributed by atoms with van der Waals surface area (Å²) in [5, 5.41) is 7.05. The van der Waals surface area contributed by atoms with Crippen LogP contribution in [0.15, 0.2) is 30.7 Å². The van der Waals surface area contributed by atoms with Crippen molar-refractivity contribution in [2.75, 3.05) is 6.54 Å². The number of aromatic nitrogens is 3. The zero-order valence-corrected chi connectivity index (χ0v) is 11.9. The lowest BCUT2D eigenvalue weighted by atomic mass is 10.1. The lowest BCUT2D eigenvalue weighted by Gasteiger charge is -2.14. The quantitative estimate of drug-likeness (QED) is 0.920. The van der Waals surface area contributed by atoms with Crippen LogP contribution in [0.5, 0.6) is 0 Å². The molecule has 0 spiro atoms. The molecule has 0 aliphatic rings. The Balaban J connectivity index is 2.23. The van der Waals surface area contributed by atoms with E-state index >= 15 is 0 Å². The minimum atomic E-state index is -4.40. The van der Waals surface area contributed by atoms with Gasteiger partial charge < -0.3 is 5.32 Å². The first kappa shape index (κ1) is 15.5. The summed E-state index contributed by atoms with van der Waals surface area (Å²) in [6.07, 6.45) is -0.0741. The number of alkyl halides is 3. The van der Waals surface area contributed by atoms with Gasteiger partial charge in [0.05, 0.1) is 11.8 Å². The van der Waals surface area contributed by atoms with Gasteiger partial charge in [0.1, 0.15) is 0 Å². The number of hydrogen-bond acceptors (Lipinski definition) is 3. The lowest BCUT2D eigenvalue weighted by molar-refractivity contribution is -0.137. The van der Waals surface area contributed by atoms with Crippen molar-refractivity contribution in [3.63, 3.8) is 0 Å². The molecule has 2 aromatic heterocycles. The van der Waals surface area contributed by atoms with Crippen molar-refractivity contribution in [2.45, 2.75) is 32.5 Å². The molecule has 0 bridgehead atoms. The van der Waals surface area contributed by atoms with Crippen LogP contribution in [0.4, 0.5) is 13.2 Å². The SMILES string of the molecule is CCCNC(C)c1ccnc(-n2cc(C(F)(F)F)cn2)c1. The van der Waals surface area contributed by atoms with Gasteiger partial charge in [-0.2, -0.15) is 18.3 Å². The molecule has 114 valence electrons. The van der Waals surface area contributed by atoms with Crippen LogP contribution in [-0.2, 0) is 6.18 Å². The average molecular weight is 298 g/mol. The summed E-state index contributed by atoms with van der Waals surface area (Å²) in [5.41, 5.74) is 0.171. The Kier molecular flexibility index (Phi) is 4.62. The fourth-order valence-electron chi connectivity index (χ4n) is 1.90. The van der Waals surface area contributed by atoms with Gasteiger partial charge in [0.25, 0.3) is 0 Å². The summed E-state index contributed by atoms with van der Waals surface area (Å²) in [4.78, 5) is 4.07. The molecule has 0 amide bonds. The minimum Gasteiger partial charge on any atom is -0.310 e. The zero-order valence-electron chi connectivity index (χ0n) is 11.9. The molecule has 2 aromatic rings. The monoisotopic (exact) mass is 298 g/mol. The van der Waals surface area contributed by atoms with Crippen molar-refractivity contribution < 1.29 is 13.2 Å². The fraction of sp³-hybridized carbons (Fsp3) is 0.429. The molecule has 0 aliphatic heterocycles. The van der Waals surface area contributed by atoms with Crippen molar-refractivity contribution in [1.29, 1.82) is 0 Å². The molecule has 0 saturated heterocycles. The van der Waals surface area contributed by atoms with E-state index in [0.29, 0.717) is 5.82 Å². The highest BCUT2D eigenvalue weighted by Gasteiger charge is 2.32. The highest BCUT2D eigenvalue weighted by Crippen LogP contribution is 2.29. The number of nitrogens with zero attached hydrogens (tertiary/aromatic N) is 3.